The van der Waals surface area contributed by atoms with Gasteiger partial charge < -0.3 is 9.64 Å². The molecule has 0 saturated heterocycles. The number of hydrogen-bond acceptors (Lipinski definition) is 2. The first-order valence-electron chi connectivity index (χ1n) is 4.97. The van der Waals surface area contributed by atoms with Gasteiger partial charge in [-0.3, -0.25) is 4.79 Å². The highest BCUT2D eigenvalue weighted by Crippen LogP contribution is 2.19. The third-order valence-corrected chi connectivity index (χ3v) is 2.53. The second-order valence-corrected chi connectivity index (χ2v) is 4.06. The molecular formula is C12H16FNO2. The highest BCUT2D eigenvalue weighted by Gasteiger charge is 2.30. The van der Waals surface area contributed by atoms with Crippen LogP contribution in [0, 0.1) is 5.82 Å². The number of amides is 1. The van der Waals surface area contributed by atoms with Crippen molar-refractivity contribution in [1.29, 1.82) is 0 Å². The summed E-state index contributed by atoms with van der Waals surface area (Å²) in [5.74, 6) is -0.590. The van der Waals surface area contributed by atoms with Gasteiger partial charge in [-0.05, 0) is 32.0 Å². The fourth-order valence-electron chi connectivity index (χ4n) is 1.29. The minimum absolute atomic E-state index is 0.222. The number of benzene rings is 1. The number of rotatable bonds is 3. The molecule has 0 unspecified atom stereocenters. The first-order valence-corrected chi connectivity index (χ1v) is 4.97. The van der Waals surface area contributed by atoms with E-state index in [9.17, 15) is 9.18 Å². The van der Waals surface area contributed by atoms with Gasteiger partial charge in [-0.2, -0.15) is 0 Å². The van der Waals surface area contributed by atoms with Crippen LogP contribution in [0.1, 0.15) is 13.8 Å². The van der Waals surface area contributed by atoms with Gasteiger partial charge in [0.05, 0.1) is 0 Å². The van der Waals surface area contributed by atoms with Crippen LogP contribution in [0.3, 0.4) is 0 Å². The Hall–Kier alpha value is -1.42. The molecule has 0 aliphatic carbocycles. The van der Waals surface area contributed by atoms with Crippen LogP contribution in [0.4, 0.5) is 10.1 Å². The lowest BCUT2D eigenvalue weighted by Crippen LogP contribution is -2.44. The summed E-state index contributed by atoms with van der Waals surface area (Å²) >= 11 is 0. The molecule has 0 N–H and O–H groups in total. The van der Waals surface area contributed by atoms with Gasteiger partial charge in [0.15, 0.2) is 0 Å². The number of likely N-dealkylation sites (N-methyl/N-ethyl adjacent to an activating group) is 1. The zero-order valence-electron chi connectivity index (χ0n) is 9.95. The second-order valence-electron chi connectivity index (χ2n) is 4.06. The molecule has 0 radical (unpaired) electrons. The van der Waals surface area contributed by atoms with Crippen molar-refractivity contribution in [2.24, 2.45) is 0 Å². The van der Waals surface area contributed by atoms with Crippen LogP contribution < -0.4 is 4.90 Å². The number of ether oxygens (including phenoxy) is 1. The van der Waals surface area contributed by atoms with Crippen molar-refractivity contribution in [3.05, 3.63) is 30.1 Å². The number of nitrogens with zero attached hydrogens (tertiary/aromatic N) is 1. The maximum Gasteiger partial charge on any atom is 0.258 e. The number of carbonyl (C=O) groups is 1. The van der Waals surface area contributed by atoms with Gasteiger partial charge in [0.2, 0.25) is 0 Å². The molecule has 0 aliphatic heterocycles. The average molecular weight is 225 g/mol. The Morgan fingerprint density at radius 3 is 2.56 bits per heavy atom. The fraction of sp³-hybridized carbons (Fsp3) is 0.417. The van der Waals surface area contributed by atoms with Crippen molar-refractivity contribution in [3.8, 4) is 0 Å². The third kappa shape index (κ3) is 2.58. The Kier molecular flexibility index (Phi) is 3.65. The summed E-state index contributed by atoms with van der Waals surface area (Å²) in [5, 5.41) is 0. The molecule has 0 aliphatic rings. The molecule has 1 amide bonds. The number of methoxy groups -OCH3 is 1. The molecule has 16 heavy (non-hydrogen) atoms. The van der Waals surface area contributed by atoms with Gasteiger partial charge in [0.25, 0.3) is 5.91 Å². The van der Waals surface area contributed by atoms with Crippen molar-refractivity contribution < 1.29 is 13.9 Å². The summed E-state index contributed by atoms with van der Waals surface area (Å²) in [6, 6.07) is 5.88. The maximum absolute atomic E-state index is 13.0. The van der Waals surface area contributed by atoms with Crippen molar-refractivity contribution in [1.82, 2.24) is 0 Å². The van der Waals surface area contributed by atoms with Crippen LogP contribution in [-0.4, -0.2) is 25.7 Å². The molecule has 0 atom stereocenters. The van der Waals surface area contributed by atoms with Gasteiger partial charge in [0, 0.05) is 19.8 Å². The minimum atomic E-state index is -0.916. The third-order valence-electron chi connectivity index (χ3n) is 2.53. The predicted octanol–water partition coefficient (Wildman–Crippen LogP) is 2.21. The van der Waals surface area contributed by atoms with Crippen LogP contribution in [0.2, 0.25) is 0 Å². The fourth-order valence-corrected chi connectivity index (χ4v) is 1.29. The molecule has 1 rings (SSSR count). The van der Waals surface area contributed by atoms with E-state index in [2.05, 4.69) is 0 Å². The number of halogens is 1. The van der Waals surface area contributed by atoms with Gasteiger partial charge in [-0.15, -0.1) is 0 Å². The van der Waals surface area contributed by atoms with Crippen molar-refractivity contribution in [2.45, 2.75) is 19.4 Å². The molecule has 4 heteroatoms. The van der Waals surface area contributed by atoms with E-state index in [0.717, 1.165) is 0 Å². The average Bonchev–Trinajstić information content (AvgIpc) is 2.27. The Morgan fingerprint density at radius 2 is 2.06 bits per heavy atom. The van der Waals surface area contributed by atoms with E-state index < -0.39 is 5.60 Å². The van der Waals surface area contributed by atoms with E-state index in [4.69, 9.17) is 4.74 Å². The smallest absolute Gasteiger partial charge is 0.258 e. The predicted molar refractivity (Wildman–Crippen MR) is 60.9 cm³/mol. The summed E-state index contributed by atoms with van der Waals surface area (Å²) < 4.78 is 18.1. The summed E-state index contributed by atoms with van der Waals surface area (Å²) in [5.41, 5.74) is -0.406. The molecule has 1 aromatic carbocycles. The van der Waals surface area contributed by atoms with Crippen LogP contribution in [0.25, 0.3) is 0 Å². The van der Waals surface area contributed by atoms with Gasteiger partial charge in [0.1, 0.15) is 11.4 Å². The van der Waals surface area contributed by atoms with E-state index in [0.29, 0.717) is 5.69 Å². The van der Waals surface area contributed by atoms with Gasteiger partial charge in [-0.1, -0.05) is 6.07 Å². The molecule has 0 spiro atoms. The molecule has 0 aromatic heterocycles. The van der Waals surface area contributed by atoms with E-state index in [1.165, 1.54) is 24.1 Å². The first-order chi connectivity index (χ1) is 7.38. The highest BCUT2D eigenvalue weighted by molar-refractivity contribution is 5.98. The summed E-state index contributed by atoms with van der Waals surface area (Å²) in [6.45, 7) is 3.34. The topological polar surface area (TPSA) is 29.5 Å². The quantitative estimate of drug-likeness (QED) is 0.789. The summed E-state index contributed by atoms with van der Waals surface area (Å²) in [4.78, 5) is 13.4. The molecular weight excluding hydrogens is 209 g/mol. The first kappa shape index (κ1) is 12.6. The Labute approximate surface area is 94.8 Å². The van der Waals surface area contributed by atoms with Crippen molar-refractivity contribution >= 4 is 11.6 Å². The zero-order chi connectivity index (χ0) is 12.3. The lowest BCUT2D eigenvalue weighted by Gasteiger charge is -2.28. The van der Waals surface area contributed by atoms with Gasteiger partial charge >= 0.3 is 0 Å². The lowest BCUT2D eigenvalue weighted by atomic mass is 10.1. The van der Waals surface area contributed by atoms with Crippen molar-refractivity contribution in [3.63, 3.8) is 0 Å². The Morgan fingerprint density at radius 1 is 1.44 bits per heavy atom. The number of hydrogen-bond donors (Lipinski definition) is 0. The Balaban J connectivity index is 2.95. The normalized spacial score (nSPS) is 11.3. The largest absolute Gasteiger partial charge is 0.369 e. The lowest BCUT2D eigenvalue weighted by molar-refractivity contribution is -0.136. The van der Waals surface area contributed by atoms with E-state index >= 15 is 0 Å². The Bertz CT molecular complexity index is 390. The number of carbonyl (C=O) groups excluding carboxylic acids is 1. The SMILES string of the molecule is COC(C)(C)C(=O)N(C)c1cccc(F)c1. The number of anilines is 1. The second kappa shape index (κ2) is 4.61. The highest BCUT2D eigenvalue weighted by atomic mass is 19.1. The molecule has 3 nitrogen and oxygen atoms in total. The standard InChI is InChI=1S/C12H16FNO2/c1-12(2,16-4)11(15)14(3)10-7-5-6-9(13)8-10/h5-8H,1-4H3. The monoisotopic (exact) mass is 225 g/mol. The molecule has 88 valence electrons. The van der Waals surface area contributed by atoms with Crippen LogP contribution in [0.15, 0.2) is 24.3 Å². The summed E-state index contributed by atoms with van der Waals surface area (Å²) in [7, 11) is 3.06. The van der Waals surface area contributed by atoms with E-state index in [1.54, 1.807) is 33.0 Å². The molecule has 0 saturated carbocycles. The zero-order valence-corrected chi connectivity index (χ0v) is 9.95. The maximum atomic E-state index is 13.0. The molecule has 0 bridgehead atoms. The van der Waals surface area contributed by atoms with Crippen LogP contribution in [0.5, 0.6) is 0 Å². The van der Waals surface area contributed by atoms with Gasteiger partial charge in [-0.25, -0.2) is 4.39 Å². The van der Waals surface area contributed by atoms with E-state index in [1.807, 2.05) is 0 Å². The van der Waals surface area contributed by atoms with Crippen LogP contribution >= 0.6 is 0 Å². The minimum Gasteiger partial charge on any atom is -0.369 e. The molecule has 1 aromatic rings. The molecule has 0 fully saturated rings. The van der Waals surface area contributed by atoms with Crippen LogP contribution in [-0.2, 0) is 9.53 Å². The summed E-state index contributed by atoms with van der Waals surface area (Å²) in [6.07, 6.45) is 0. The van der Waals surface area contributed by atoms with E-state index in [-0.39, 0.29) is 11.7 Å². The van der Waals surface area contributed by atoms with Crippen molar-refractivity contribution in [2.75, 3.05) is 19.1 Å². The molecule has 0 heterocycles.